The molecule has 110 valence electrons. The molecule has 0 saturated carbocycles. The van der Waals surface area contributed by atoms with Gasteiger partial charge in [0.05, 0.1) is 31.9 Å². The number of nitrogens with two attached hydrogens (primary N) is 1. The van der Waals surface area contributed by atoms with Crippen molar-refractivity contribution < 1.29 is 18.7 Å². The normalized spacial score (nSPS) is 18.1. The van der Waals surface area contributed by atoms with E-state index in [2.05, 4.69) is 5.32 Å². The lowest BCUT2D eigenvalue weighted by Crippen LogP contribution is -2.17. The first-order chi connectivity index (χ1) is 9.65. The molecule has 1 saturated heterocycles. The zero-order chi connectivity index (χ0) is 14.4. The Bertz CT molecular complexity index is 462. The van der Waals surface area contributed by atoms with Crippen LogP contribution in [0.2, 0.25) is 0 Å². The van der Waals surface area contributed by atoms with Gasteiger partial charge in [0.2, 0.25) is 5.91 Å². The number of ether oxygens (including phenoxy) is 2. The minimum atomic E-state index is -0.503. The Kier molecular flexibility index (Phi) is 5.31. The third-order valence-corrected chi connectivity index (χ3v) is 3.12. The van der Waals surface area contributed by atoms with Gasteiger partial charge >= 0.3 is 0 Å². The molecule has 5 nitrogen and oxygen atoms in total. The first-order valence-corrected chi connectivity index (χ1v) is 6.65. The highest BCUT2D eigenvalue weighted by atomic mass is 19.1. The molecule has 1 heterocycles. The van der Waals surface area contributed by atoms with Gasteiger partial charge in [-0.15, -0.1) is 0 Å². The van der Waals surface area contributed by atoms with Crippen LogP contribution in [0.4, 0.5) is 15.8 Å². The van der Waals surface area contributed by atoms with Crippen molar-refractivity contribution in [3.8, 4) is 0 Å². The molecule has 0 radical (unpaired) electrons. The molecule has 1 aliphatic heterocycles. The molecule has 0 bridgehead atoms. The molecule has 1 amide bonds. The first-order valence-electron chi connectivity index (χ1n) is 6.65. The molecular formula is C14H19FN2O3. The molecule has 6 heteroatoms. The molecular weight excluding hydrogens is 263 g/mol. The summed E-state index contributed by atoms with van der Waals surface area (Å²) in [7, 11) is 0. The fourth-order valence-electron chi connectivity index (χ4n) is 1.98. The fraction of sp³-hybridized carbons (Fsp3) is 0.500. The van der Waals surface area contributed by atoms with Crippen molar-refractivity contribution in [3.05, 3.63) is 24.0 Å². The van der Waals surface area contributed by atoms with E-state index >= 15 is 0 Å². The predicted molar refractivity (Wildman–Crippen MR) is 73.8 cm³/mol. The zero-order valence-electron chi connectivity index (χ0n) is 11.2. The number of hydrogen-bond donors (Lipinski definition) is 2. The van der Waals surface area contributed by atoms with Crippen molar-refractivity contribution in [1.29, 1.82) is 0 Å². The number of amides is 1. The first kappa shape index (κ1) is 14.7. The quantitative estimate of drug-likeness (QED) is 0.616. The average Bonchev–Trinajstić information content (AvgIpc) is 2.92. The molecule has 3 N–H and O–H groups in total. The number of halogens is 1. The summed E-state index contributed by atoms with van der Waals surface area (Å²) in [6.07, 6.45) is 1.18. The van der Waals surface area contributed by atoms with Crippen LogP contribution in [-0.4, -0.2) is 32.3 Å². The Morgan fingerprint density at radius 1 is 1.55 bits per heavy atom. The molecule has 1 fully saturated rings. The number of benzene rings is 1. The van der Waals surface area contributed by atoms with Crippen LogP contribution >= 0.6 is 0 Å². The topological polar surface area (TPSA) is 73.6 Å². The number of carbonyl (C=O) groups excluding carboxylic acids is 1. The standard InChI is InChI=1S/C14H19FN2O3/c15-12-2-1-11(16)7-13(12)17-14(18)4-6-20-9-10-3-5-19-8-10/h1-2,7,10H,3-6,8-9,16H2,(H,17,18). The van der Waals surface area contributed by atoms with E-state index in [1.54, 1.807) is 0 Å². The summed E-state index contributed by atoms with van der Waals surface area (Å²) in [6, 6.07) is 4.06. The summed E-state index contributed by atoms with van der Waals surface area (Å²) in [6.45, 7) is 2.41. The van der Waals surface area contributed by atoms with Gasteiger partial charge < -0.3 is 20.5 Å². The minimum Gasteiger partial charge on any atom is -0.399 e. The molecule has 1 aliphatic rings. The maximum Gasteiger partial charge on any atom is 0.226 e. The van der Waals surface area contributed by atoms with Gasteiger partial charge in [-0.25, -0.2) is 4.39 Å². The second-order valence-electron chi connectivity index (χ2n) is 4.84. The van der Waals surface area contributed by atoms with E-state index in [1.807, 2.05) is 0 Å². The Morgan fingerprint density at radius 2 is 2.40 bits per heavy atom. The zero-order valence-corrected chi connectivity index (χ0v) is 11.2. The number of carbonyl (C=O) groups is 1. The number of nitrogen functional groups attached to an aromatic ring is 1. The van der Waals surface area contributed by atoms with E-state index in [9.17, 15) is 9.18 Å². The van der Waals surface area contributed by atoms with Crippen LogP contribution < -0.4 is 11.1 Å². The average molecular weight is 282 g/mol. The third-order valence-electron chi connectivity index (χ3n) is 3.12. The van der Waals surface area contributed by atoms with Gasteiger partial charge in [0.1, 0.15) is 5.82 Å². The van der Waals surface area contributed by atoms with E-state index in [0.717, 1.165) is 19.6 Å². The van der Waals surface area contributed by atoms with Crippen LogP contribution in [-0.2, 0) is 14.3 Å². The molecule has 1 aromatic rings. The summed E-state index contributed by atoms with van der Waals surface area (Å²) >= 11 is 0. The molecule has 2 rings (SSSR count). The SMILES string of the molecule is Nc1ccc(F)c(NC(=O)CCOCC2CCOC2)c1. The number of rotatable bonds is 6. The Morgan fingerprint density at radius 3 is 3.15 bits per heavy atom. The van der Waals surface area contributed by atoms with Crippen molar-refractivity contribution >= 4 is 17.3 Å². The number of hydrogen-bond acceptors (Lipinski definition) is 4. The molecule has 0 aliphatic carbocycles. The maximum atomic E-state index is 13.4. The van der Waals surface area contributed by atoms with Gasteiger partial charge in [-0.05, 0) is 24.6 Å². The van der Waals surface area contributed by atoms with Gasteiger partial charge in [-0.1, -0.05) is 0 Å². The number of nitrogens with one attached hydrogen (secondary N) is 1. The van der Waals surface area contributed by atoms with Gasteiger partial charge in [-0.2, -0.15) is 0 Å². The molecule has 20 heavy (non-hydrogen) atoms. The van der Waals surface area contributed by atoms with Crippen LogP contribution in [0.25, 0.3) is 0 Å². The van der Waals surface area contributed by atoms with Gasteiger partial charge in [0, 0.05) is 18.2 Å². The van der Waals surface area contributed by atoms with E-state index in [-0.39, 0.29) is 18.0 Å². The highest BCUT2D eigenvalue weighted by molar-refractivity contribution is 5.91. The van der Waals surface area contributed by atoms with Gasteiger partial charge in [0.15, 0.2) is 0 Å². The largest absolute Gasteiger partial charge is 0.399 e. The van der Waals surface area contributed by atoms with Gasteiger partial charge in [0.25, 0.3) is 0 Å². The van der Waals surface area contributed by atoms with E-state index < -0.39 is 5.82 Å². The molecule has 0 aromatic heterocycles. The summed E-state index contributed by atoms with van der Waals surface area (Å²) in [5, 5.41) is 2.48. The Hall–Kier alpha value is -1.66. The summed E-state index contributed by atoms with van der Waals surface area (Å²) < 4.78 is 24.1. The van der Waals surface area contributed by atoms with Crippen LogP contribution in [0.1, 0.15) is 12.8 Å². The summed E-state index contributed by atoms with van der Waals surface area (Å²) in [5.41, 5.74) is 6.04. The monoisotopic (exact) mass is 282 g/mol. The van der Waals surface area contributed by atoms with Crippen molar-refractivity contribution in [2.75, 3.05) is 37.5 Å². The predicted octanol–water partition coefficient (Wildman–Crippen LogP) is 1.79. The third kappa shape index (κ3) is 4.47. The Balaban J connectivity index is 1.68. The second kappa shape index (κ2) is 7.21. The van der Waals surface area contributed by atoms with E-state index in [1.165, 1.54) is 18.2 Å². The lowest BCUT2D eigenvalue weighted by Gasteiger charge is -2.09. The maximum absolute atomic E-state index is 13.4. The molecule has 0 spiro atoms. The van der Waals surface area contributed by atoms with Gasteiger partial charge in [-0.3, -0.25) is 4.79 Å². The lowest BCUT2D eigenvalue weighted by molar-refractivity contribution is -0.117. The summed E-state index contributed by atoms with van der Waals surface area (Å²) in [5.74, 6) is -0.377. The fourth-order valence-corrected chi connectivity index (χ4v) is 1.98. The highest BCUT2D eigenvalue weighted by Gasteiger charge is 2.15. The molecule has 1 aromatic carbocycles. The van der Waals surface area contributed by atoms with Crippen molar-refractivity contribution in [2.24, 2.45) is 5.92 Å². The highest BCUT2D eigenvalue weighted by Crippen LogP contribution is 2.17. The Labute approximate surface area is 117 Å². The molecule has 1 atom stereocenters. The van der Waals surface area contributed by atoms with E-state index in [0.29, 0.717) is 24.8 Å². The molecule has 1 unspecified atom stereocenters. The van der Waals surface area contributed by atoms with Crippen LogP contribution in [0.3, 0.4) is 0 Å². The smallest absolute Gasteiger partial charge is 0.226 e. The van der Waals surface area contributed by atoms with Crippen LogP contribution in [0.15, 0.2) is 18.2 Å². The van der Waals surface area contributed by atoms with Crippen LogP contribution in [0, 0.1) is 11.7 Å². The number of anilines is 2. The van der Waals surface area contributed by atoms with Crippen LogP contribution in [0.5, 0.6) is 0 Å². The van der Waals surface area contributed by atoms with Crippen molar-refractivity contribution in [3.63, 3.8) is 0 Å². The second-order valence-corrected chi connectivity index (χ2v) is 4.84. The minimum absolute atomic E-state index is 0.0965. The summed E-state index contributed by atoms with van der Waals surface area (Å²) in [4.78, 5) is 11.6. The van der Waals surface area contributed by atoms with Crippen molar-refractivity contribution in [1.82, 2.24) is 0 Å². The van der Waals surface area contributed by atoms with E-state index in [4.69, 9.17) is 15.2 Å². The van der Waals surface area contributed by atoms with Crippen molar-refractivity contribution in [2.45, 2.75) is 12.8 Å². The lowest BCUT2D eigenvalue weighted by atomic mass is 10.1.